The third-order valence-electron chi connectivity index (χ3n) is 6.13. The van der Waals surface area contributed by atoms with Crippen molar-refractivity contribution >= 4 is 22.8 Å². The van der Waals surface area contributed by atoms with Gasteiger partial charge < -0.3 is 10.0 Å². The lowest BCUT2D eigenvalue weighted by Crippen LogP contribution is -2.29. The van der Waals surface area contributed by atoms with E-state index in [2.05, 4.69) is 37.5 Å². The number of aliphatic hydroxyl groups excluding tert-OH is 1. The number of thiophene rings is 1. The monoisotopic (exact) mass is 392 g/mol. The number of aryl methyl sites for hydroxylation is 1. The summed E-state index contributed by atoms with van der Waals surface area (Å²) in [7, 11) is 0. The van der Waals surface area contributed by atoms with Gasteiger partial charge in [0.25, 0.3) is 0 Å². The highest BCUT2D eigenvalue weighted by Crippen LogP contribution is 2.49. The van der Waals surface area contributed by atoms with Crippen LogP contribution in [0.4, 0.5) is 5.69 Å². The summed E-state index contributed by atoms with van der Waals surface area (Å²) in [6.45, 7) is 10.6. The summed E-state index contributed by atoms with van der Waals surface area (Å²) < 4.78 is 0. The van der Waals surface area contributed by atoms with Crippen molar-refractivity contribution in [2.75, 3.05) is 18.0 Å². The minimum Gasteiger partial charge on any atom is -0.508 e. The Morgan fingerprint density at radius 3 is 2.68 bits per heavy atom. The standard InChI is InChI=1S/C24H28N2OS/c1-16(27)22-19-14-24(2,3)10-9-21(19)28-23(22)18-13-17(15-25)7-8-20(18)26-11-5-4-6-12-26/h7-8,13,27H,1,4-6,9-12,14H2,2-3H3. The third-order valence-corrected chi connectivity index (χ3v) is 7.46. The molecule has 0 radical (unpaired) electrons. The normalized spacial score (nSPS) is 18.4. The van der Waals surface area contributed by atoms with Crippen LogP contribution in [0.25, 0.3) is 16.2 Å². The molecule has 1 aromatic carbocycles. The van der Waals surface area contributed by atoms with Crippen LogP contribution in [0, 0.1) is 16.7 Å². The molecule has 3 nitrogen and oxygen atoms in total. The number of fused-ring (bicyclic) bond motifs is 1. The van der Waals surface area contributed by atoms with E-state index in [-0.39, 0.29) is 11.2 Å². The smallest absolute Gasteiger partial charge is 0.117 e. The molecule has 1 N–H and O–H groups in total. The maximum absolute atomic E-state index is 10.5. The van der Waals surface area contributed by atoms with Crippen molar-refractivity contribution in [3.05, 3.63) is 46.3 Å². The summed E-state index contributed by atoms with van der Waals surface area (Å²) in [5.74, 6) is 0.150. The van der Waals surface area contributed by atoms with E-state index in [4.69, 9.17) is 0 Å². The van der Waals surface area contributed by atoms with Crippen molar-refractivity contribution in [1.29, 1.82) is 5.26 Å². The Bertz CT molecular complexity index is 958. The van der Waals surface area contributed by atoms with Gasteiger partial charge in [-0.25, -0.2) is 0 Å². The van der Waals surface area contributed by atoms with Gasteiger partial charge in [0.05, 0.1) is 11.6 Å². The van der Waals surface area contributed by atoms with E-state index in [9.17, 15) is 10.4 Å². The van der Waals surface area contributed by atoms with E-state index < -0.39 is 0 Å². The van der Waals surface area contributed by atoms with Crippen LogP contribution in [0.2, 0.25) is 0 Å². The van der Waals surface area contributed by atoms with Crippen LogP contribution >= 0.6 is 11.3 Å². The fourth-order valence-corrected chi connectivity index (χ4v) is 5.98. The molecule has 1 fully saturated rings. The van der Waals surface area contributed by atoms with Crippen LogP contribution in [-0.4, -0.2) is 18.2 Å². The summed E-state index contributed by atoms with van der Waals surface area (Å²) in [5, 5.41) is 20.0. The second-order valence-electron chi connectivity index (χ2n) is 8.89. The Labute approximate surface area is 171 Å². The van der Waals surface area contributed by atoms with E-state index in [1.165, 1.54) is 35.4 Å². The van der Waals surface area contributed by atoms with Gasteiger partial charge in [-0.3, -0.25) is 0 Å². The highest BCUT2D eigenvalue weighted by molar-refractivity contribution is 7.16. The second kappa shape index (κ2) is 7.29. The van der Waals surface area contributed by atoms with Crippen LogP contribution in [0.3, 0.4) is 0 Å². The highest BCUT2D eigenvalue weighted by atomic mass is 32.1. The Morgan fingerprint density at radius 1 is 1.25 bits per heavy atom. The molecule has 0 saturated carbocycles. The predicted octanol–water partition coefficient (Wildman–Crippen LogP) is 6.32. The van der Waals surface area contributed by atoms with E-state index in [1.807, 2.05) is 12.1 Å². The van der Waals surface area contributed by atoms with Gasteiger partial charge in [0.1, 0.15) is 5.76 Å². The van der Waals surface area contributed by atoms with Gasteiger partial charge in [-0.2, -0.15) is 5.26 Å². The maximum Gasteiger partial charge on any atom is 0.117 e. The first kappa shape index (κ1) is 19.1. The van der Waals surface area contributed by atoms with E-state index in [0.29, 0.717) is 5.56 Å². The van der Waals surface area contributed by atoms with Gasteiger partial charge >= 0.3 is 0 Å². The lowest BCUT2D eigenvalue weighted by atomic mass is 9.75. The molecule has 2 aromatic rings. The SMILES string of the molecule is C=C(O)c1c(-c2cc(C#N)ccc2N2CCCCC2)sc2c1CC(C)(C)CC2. The molecule has 0 unspecified atom stereocenters. The third kappa shape index (κ3) is 3.44. The van der Waals surface area contributed by atoms with Crippen LogP contribution in [-0.2, 0) is 12.8 Å². The number of benzene rings is 1. The van der Waals surface area contributed by atoms with E-state index in [1.54, 1.807) is 11.3 Å². The summed E-state index contributed by atoms with van der Waals surface area (Å²) in [4.78, 5) is 4.88. The minimum absolute atomic E-state index is 0.150. The van der Waals surface area contributed by atoms with Gasteiger partial charge in [0, 0.05) is 39.7 Å². The van der Waals surface area contributed by atoms with Crippen LogP contribution < -0.4 is 4.90 Å². The Morgan fingerprint density at radius 2 is 2.00 bits per heavy atom. The van der Waals surface area contributed by atoms with Crippen molar-refractivity contribution in [3.63, 3.8) is 0 Å². The molecule has 1 aliphatic heterocycles. The minimum atomic E-state index is 0.150. The predicted molar refractivity (Wildman–Crippen MR) is 118 cm³/mol. The molecule has 28 heavy (non-hydrogen) atoms. The van der Waals surface area contributed by atoms with Crippen LogP contribution in [0.5, 0.6) is 0 Å². The Balaban J connectivity index is 1.90. The number of aliphatic hydroxyl groups is 1. The largest absolute Gasteiger partial charge is 0.508 e. The lowest BCUT2D eigenvalue weighted by Gasteiger charge is -2.31. The number of piperidine rings is 1. The van der Waals surface area contributed by atoms with Gasteiger partial charge in [-0.1, -0.05) is 20.4 Å². The first-order valence-electron chi connectivity index (χ1n) is 10.2. The Kier molecular flexibility index (Phi) is 4.97. The zero-order valence-electron chi connectivity index (χ0n) is 16.8. The highest BCUT2D eigenvalue weighted by Gasteiger charge is 2.32. The van der Waals surface area contributed by atoms with Crippen molar-refractivity contribution < 1.29 is 5.11 Å². The quantitative estimate of drug-likeness (QED) is 0.622. The van der Waals surface area contributed by atoms with Crippen molar-refractivity contribution in [1.82, 2.24) is 0 Å². The molecule has 4 rings (SSSR count). The number of nitrogens with zero attached hydrogens (tertiary/aromatic N) is 2. The number of rotatable bonds is 3. The molecular formula is C24H28N2OS. The van der Waals surface area contributed by atoms with E-state index in [0.717, 1.165) is 48.4 Å². The lowest BCUT2D eigenvalue weighted by molar-refractivity contribution is 0.317. The topological polar surface area (TPSA) is 47.3 Å². The summed E-state index contributed by atoms with van der Waals surface area (Å²) in [6, 6.07) is 8.29. The van der Waals surface area contributed by atoms with Gasteiger partial charge in [-0.05, 0) is 67.7 Å². The average molecular weight is 393 g/mol. The summed E-state index contributed by atoms with van der Waals surface area (Å²) in [5.41, 5.74) is 5.32. The zero-order valence-corrected chi connectivity index (χ0v) is 17.7. The molecule has 0 atom stereocenters. The molecule has 4 heteroatoms. The van der Waals surface area contributed by atoms with Gasteiger partial charge in [0.15, 0.2) is 0 Å². The first-order valence-corrected chi connectivity index (χ1v) is 11.0. The molecule has 1 aromatic heterocycles. The molecule has 0 bridgehead atoms. The molecule has 1 aliphatic carbocycles. The number of nitriles is 1. The number of hydrogen-bond acceptors (Lipinski definition) is 4. The van der Waals surface area contributed by atoms with Crippen molar-refractivity contribution in [2.45, 2.75) is 52.4 Å². The first-order chi connectivity index (χ1) is 13.4. The summed E-state index contributed by atoms with van der Waals surface area (Å²) in [6.07, 6.45) is 6.86. The van der Waals surface area contributed by atoms with Crippen molar-refractivity contribution in [3.8, 4) is 16.5 Å². The Hall–Kier alpha value is -2.25. The molecule has 146 valence electrons. The van der Waals surface area contributed by atoms with Gasteiger partial charge in [0.2, 0.25) is 0 Å². The molecule has 2 heterocycles. The number of anilines is 1. The van der Waals surface area contributed by atoms with Crippen LogP contribution in [0.1, 0.15) is 61.1 Å². The van der Waals surface area contributed by atoms with Crippen molar-refractivity contribution in [2.24, 2.45) is 5.41 Å². The zero-order chi connectivity index (χ0) is 19.9. The fraction of sp³-hybridized carbons (Fsp3) is 0.458. The fourth-order valence-electron chi connectivity index (χ4n) is 4.61. The van der Waals surface area contributed by atoms with E-state index >= 15 is 0 Å². The summed E-state index contributed by atoms with van der Waals surface area (Å²) >= 11 is 1.78. The average Bonchev–Trinajstić information content (AvgIpc) is 3.05. The molecular weight excluding hydrogens is 364 g/mol. The van der Waals surface area contributed by atoms with Gasteiger partial charge in [-0.15, -0.1) is 11.3 Å². The van der Waals surface area contributed by atoms with Crippen LogP contribution in [0.15, 0.2) is 24.8 Å². The molecule has 0 amide bonds. The molecule has 2 aliphatic rings. The maximum atomic E-state index is 10.5. The molecule has 1 saturated heterocycles. The second-order valence-corrected chi connectivity index (χ2v) is 9.99. The molecule has 0 spiro atoms. The number of hydrogen-bond donors (Lipinski definition) is 1.